The van der Waals surface area contributed by atoms with Crippen LogP contribution in [0.5, 0.6) is 5.75 Å². The third-order valence-electron chi connectivity index (χ3n) is 3.32. The first-order chi connectivity index (χ1) is 10.0. The predicted molar refractivity (Wildman–Crippen MR) is 91.7 cm³/mol. The summed E-state index contributed by atoms with van der Waals surface area (Å²) < 4.78 is 5.97. The molecule has 2 aromatic rings. The van der Waals surface area contributed by atoms with Crippen LogP contribution in [0.25, 0.3) is 0 Å². The Bertz CT molecular complexity index is 668. The summed E-state index contributed by atoms with van der Waals surface area (Å²) in [5.74, 6) is 1.27. The molecule has 0 bridgehead atoms. The molecular weight excluding hydrogens is 348 g/mol. The highest BCUT2D eigenvalue weighted by Crippen LogP contribution is 2.27. The van der Waals surface area contributed by atoms with E-state index in [1.165, 1.54) is 11.1 Å². The molecule has 2 rings (SSSR count). The summed E-state index contributed by atoms with van der Waals surface area (Å²) in [5, 5.41) is 0. The normalized spacial score (nSPS) is 10.5. The summed E-state index contributed by atoms with van der Waals surface area (Å²) in [7, 11) is 1.61. The molecule has 2 aromatic carbocycles. The van der Waals surface area contributed by atoms with Crippen molar-refractivity contribution in [2.24, 2.45) is 0 Å². The Hall–Kier alpha value is -1.26. The van der Waals surface area contributed by atoms with Gasteiger partial charge in [0.1, 0.15) is 5.75 Å². The standard InChI is InChI=1S/C17H17BrO2S/c1-11-4-6-14(8-12(11)2)21-10-16(19)13-5-7-17(20-3)15(18)9-13/h4-9H,10H2,1-3H3. The molecule has 0 aliphatic rings. The van der Waals surface area contributed by atoms with E-state index in [0.29, 0.717) is 11.3 Å². The van der Waals surface area contributed by atoms with Crippen molar-refractivity contribution in [3.63, 3.8) is 0 Å². The highest BCUT2D eigenvalue weighted by atomic mass is 79.9. The molecule has 0 N–H and O–H groups in total. The quantitative estimate of drug-likeness (QED) is 0.548. The number of halogens is 1. The third-order valence-corrected chi connectivity index (χ3v) is 4.94. The fraction of sp³-hybridized carbons (Fsp3) is 0.235. The molecule has 0 radical (unpaired) electrons. The number of methoxy groups -OCH3 is 1. The van der Waals surface area contributed by atoms with Gasteiger partial charge in [-0.3, -0.25) is 4.79 Å². The second-order valence-corrected chi connectivity index (χ2v) is 6.71. The van der Waals surface area contributed by atoms with Crippen LogP contribution in [0.2, 0.25) is 0 Å². The largest absolute Gasteiger partial charge is 0.496 e. The number of benzene rings is 2. The van der Waals surface area contributed by atoms with Gasteiger partial charge in [0.25, 0.3) is 0 Å². The molecule has 0 unspecified atom stereocenters. The first-order valence-electron chi connectivity index (χ1n) is 6.58. The van der Waals surface area contributed by atoms with Gasteiger partial charge in [0.15, 0.2) is 5.78 Å². The zero-order chi connectivity index (χ0) is 15.4. The Morgan fingerprint density at radius 3 is 2.52 bits per heavy atom. The summed E-state index contributed by atoms with van der Waals surface area (Å²) in [6, 6.07) is 11.7. The van der Waals surface area contributed by atoms with Crippen LogP contribution < -0.4 is 4.74 Å². The Balaban J connectivity index is 2.04. The van der Waals surface area contributed by atoms with Gasteiger partial charge in [-0.2, -0.15) is 0 Å². The molecule has 0 saturated heterocycles. The fourth-order valence-electron chi connectivity index (χ4n) is 1.88. The maximum atomic E-state index is 12.2. The van der Waals surface area contributed by atoms with E-state index in [4.69, 9.17) is 4.74 Å². The molecule has 0 heterocycles. The van der Waals surface area contributed by atoms with Crippen molar-refractivity contribution in [2.45, 2.75) is 18.7 Å². The van der Waals surface area contributed by atoms with E-state index in [9.17, 15) is 4.79 Å². The molecule has 0 aliphatic heterocycles. The van der Waals surface area contributed by atoms with Crippen LogP contribution >= 0.6 is 27.7 Å². The van der Waals surface area contributed by atoms with Crippen LogP contribution in [-0.2, 0) is 0 Å². The molecule has 0 aliphatic carbocycles. The van der Waals surface area contributed by atoms with E-state index in [1.807, 2.05) is 6.07 Å². The Morgan fingerprint density at radius 2 is 1.90 bits per heavy atom. The van der Waals surface area contributed by atoms with Crippen LogP contribution in [0.3, 0.4) is 0 Å². The molecule has 0 fully saturated rings. The van der Waals surface area contributed by atoms with E-state index in [-0.39, 0.29) is 5.78 Å². The lowest BCUT2D eigenvalue weighted by Gasteiger charge is -2.07. The molecule has 4 heteroatoms. The smallest absolute Gasteiger partial charge is 0.173 e. The lowest BCUT2D eigenvalue weighted by molar-refractivity contribution is 0.102. The first-order valence-corrected chi connectivity index (χ1v) is 8.36. The number of hydrogen-bond donors (Lipinski definition) is 0. The van der Waals surface area contributed by atoms with Crippen molar-refractivity contribution >= 4 is 33.5 Å². The lowest BCUT2D eigenvalue weighted by Crippen LogP contribution is -2.02. The van der Waals surface area contributed by atoms with Crippen molar-refractivity contribution in [3.05, 3.63) is 57.6 Å². The maximum Gasteiger partial charge on any atom is 0.173 e. The number of aryl methyl sites for hydroxylation is 2. The van der Waals surface area contributed by atoms with Crippen molar-refractivity contribution in [1.29, 1.82) is 0 Å². The minimum absolute atomic E-state index is 0.113. The highest BCUT2D eigenvalue weighted by molar-refractivity contribution is 9.10. The maximum absolute atomic E-state index is 12.2. The summed E-state index contributed by atoms with van der Waals surface area (Å²) in [6.07, 6.45) is 0. The molecular formula is C17H17BrO2S. The Morgan fingerprint density at radius 1 is 1.14 bits per heavy atom. The van der Waals surface area contributed by atoms with E-state index in [1.54, 1.807) is 31.0 Å². The summed E-state index contributed by atoms with van der Waals surface area (Å²) in [5.41, 5.74) is 3.21. The van der Waals surface area contributed by atoms with Crippen LogP contribution in [0.4, 0.5) is 0 Å². The number of hydrogen-bond acceptors (Lipinski definition) is 3. The van der Waals surface area contributed by atoms with E-state index in [0.717, 1.165) is 15.1 Å². The van der Waals surface area contributed by atoms with Crippen molar-refractivity contribution in [1.82, 2.24) is 0 Å². The van der Waals surface area contributed by atoms with Gasteiger partial charge in [-0.25, -0.2) is 0 Å². The lowest BCUT2D eigenvalue weighted by atomic mass is 10.1. The van der Waals surface area contributed by atoms with Crippen molar-refractivity contribution in [3.8, 4) is 5.75 Å². The number of ether oxygens (including phenoxy) is 1. The fourth-order valence-corrected chi connectivity index (χ4v) is 3.31. The monoisotopic (exact) mass is 364 g/mol. The van der Waals surface area contributed by atoms with Gasteiger partial charge in [0.2, 0.25) is 0 Å². The third kappa shape index (κ3) is 4.11. The second-order valence-electron chi connectivity index (χ2n) is 4.81. The average Bonchev–Trinajstić information content (AvgIpc) is 2.48. The number of carbonyl (C=O) groups excluding carboxylic acids is 1. The van der Waals surface area contributed by atoms with E-state index >= 15 is 0 Å². The number of rotatable bonds is 5. The number of ketones is 1. The number of thioether (sulfide) groups is 1. The molecule has 0 atom stereocenters. The molecule has 0 spiro atoms. The van der Waals surface area contributed by atoms with E-state index < -0.39 is 0 Å². The molecule has 0 aromatic heterocycles. The average molecular weight is 365 g/mol. The van der Waals surface area contributed by atoms with Gasteiger partial charge in [-0.1, -0.05) is 6.07 Å². The van der Waals surface area contributed by atoms with Gasteiger partial charge in [0, 0.05) is 10.5 Å². The minimum atomic E-state index is 0.113. The van der Waals surface area contributed by atoms with Crippen molar-refractivity contribution in [2.75, 3.05) is 12.9 Å². The molecule has 0 saturated carbocycles. The first kappa shape index (κ1) is 16.1. The molecule has 21 heavy (non-hydrogen) atoms. The van der Waals surface area contributed by atoms with Gasteiger partial charge >= 0.3 is 0 Å². The van der Waals surface area contributed by atoms with Crippen LogP contribution in [0.15, 0.2) is 45.8 Å². The molecule has 2 nitrogen and oxygen atoms in total. The zero-order valence-electron chi connectivity index (χ0n) is 12.3. The van der Waals surface area contributed by atoms with Gasteiger partial charge in [-0.05, 0) is 71.2 Å². The van der Waals surface area contributed by atoms with Crippen LogP contribution in [0, 0.1) is 13.8 Å². The highest BCUT2D eigenvalue weighted by Gasteiger charge is 2.10. The number of Topliss-reactive ketones (excluding diaryl/α,β-unsaturated/α-hetero) is 1. The predicted octanol–water partition coefficient (Wildman–Crippen LogP) is 5.05. The molecule has 110 valence electrons. The summed E-state index contributed by atoms with van der Waals surface area (Å²) in [4.78, 5) is 13.4. The zero-order valence-corrected chi connectivity index (χ0v) is 14.7. The SMILES string of the molecule is COc1ccc(C(=O)CSc2ccc(C)c(C)c2)cc1Br. The second kappa shape index (κ2) is 7.14. The number of carbonyl (C=O) groups is 1. The van der Waals surface area contributed by atoms with Crippen molar-refractivity contribution < 1.29 is 9.53 Å². The Labute approximate surface area is 138 Å². The van der Waals surface area contributed by atoms with Gasteiger partial charge in [0.05, 0.1) is 17.3 Å². The van der Waals surface area contributed by atoms with Crippen LogP contribution in [0.1, 0.15) is 21.5 Å². The van der Waals surface area contributed by atoms with Crippen LogP contribution in [-0.4, -0.2) is 18.6 Å². The van der Waals surface area contributed by atoms with E-state index in [2.05, 4.69) is 48.0 Å². The minimum Gasteiger partial charge on any atom is -0.496 e. The Kier molecular flexibility index (Phi) is 5.48. The van der Waals surface area contributed by atoms with Gasteiger partial charge in [-0.15, -0.1) is 11.8 Å². The van der Waals surface area contributed by atoms with Gasteiger partial charge < -0.3 is 4.74 Å². The topological polar surface area (TPSA) is 26.3 Å². The molecule has 0 amide bonds. The summed E-state index contributed by atoms with van der Waals surface area (Å²) >= 11 is 4.97. The summed E-state index contributed by atoms with van der Waals surface area (Å²) in [6.45, 7) is 4.17.